The highest BCUT2D eigenvalue weighted by Gasteiger charge is 1.96. The molecule has 0 amide bonds. The van der Waals surface area contributed by atoms with Gasteiger partial charge in [0.1, 0.15) is 0 Å². The zero-order chi connectivity index (χ0) is 11.1. The number of nitrogens with two attached hydrogens (primary N) is 2. The van der Waals surface area contributed by atoms with Gasteiger partial charge in [-0.1, -0.05) is 30.3 Å². The first-order valence-corrected chi connectivity index (χ1v) is 4.53. The van der Waals surface area contributed by atoms with Crippen LogP contribution in [0.2, 0.25) is 0 Å². The fourth-order valence-electron chi connectivity index (χ4n) is 1.06. The first-order valence-electron chi connectivity index (χ1n) is 4.53. The van der Waals surface area contributed by atoms with E-state index >= 15 is 0 Å². The summed E-state index contributed by atoms with van der Waals surface area (Å²) in [4.78, 5) is 3.44. The molecule has 5 heteroatoms. The molecular formula is C10H14N4O. The van der Waals surface area contributed by atoms with Crippen LogP contribution in [0.4, 0.5) is 0 Å². The topological polar surface area (TPSA) is 97.5 Å². The van der Waals surface area contributed by atoms with Crippen LogP contribution in [0.5, 0.6) is 0 Å². The largest absolute Gasteiger partial charge is 0.463 e. The third-order valence-corrected chi connectivity index (χ3v) is 1.70. The van der Waals surface area contributed by atoms with E-state index in [9.17, 15) is 0 Å². The van der Waals surface area contributed by atoms with Crippen molar-refractivity contribution in [1.29, 1.82) is 5.41 Å². The Morgan fingerprint density at radius 2 is 1.93 bits per heavy atom. The van der Waals surface area contributed by atoms with Crippen LogP contribution >= 0.6 is 0 Å². The summed E-state index contributed by atoms with van der Waals surface area (Å²) >= 11 is 0. The Morgan fingerprint density at radius 3 is 2.53 bits per heavy atom. The predicted molar refractivity (Wildman–Crippen MR) is 59.6 cm³/mol. The average molecular weight is 206 g/mol. The maximum atomic E-state index is 7.22. The number of hydrogen-bond acceptors (Lipinski definition) is 2. The van der Waals surface area contributed by atoms with Crippen LogP contribution < -0.4 is 11.5 Å². The number of ether oxygens (including phenoxy) is 1. The molecule has 0 radical (unpaired) electrons. The van der Waals surface area contributed by atoms with Crippen LogP contribution in [0, 0.1) is 5.41 Å². The van der Waals surface area contributed by atoms with Crippen molar-refractivity contribution in [3.05, 3.63) is 35.9 Å². The van der Waals surface area contributed by atoms with Gasteiger partial charge in [0.25, 0.3) is 0 Å². The van der Waals surface area contributed by atoms with Crippen molar-refractivity contribution in [1.82, 2.24) is 0 Å². The summed E-state index contributed by atoms with van der Waals surface area (Å²) < 4.78 is 4.99. The smallest absolute Gasteiger partial charge is 0.312 e. The summed E-state index contributed by atoms with van der Waals surface area (Å²) in [5, 5.41) is 7.22. The molecule has 1 aromatic carbocycles. The molecule has 1 aromatic rings. The van der Waals surface area contributed by atoms with Crippen molar-refractivity contribution >= 4 is 12.0 Å². The standard InChI is InChI=1S/C10H14N4O/c11-9(12)14-10(13)15-7-6-8-4-2-1-3-5-8/h1-5H,6-7H2,(H5,11,12,13,14). The maximum Gasteiger partial charge on any atom is 0.312 e. The number of nitrogens with zero attached hydrogens (tertiary/aromatic N) is 1. The fourth-order valence-corrected chi connectivity index (χ4v) is 1.06. The first-order chi connectivity index (χ1) is 7.18. The van der Waals surface area contributed by atoms with Crippen LogP contribution in [-0.2, 0) is 11.2 Å². The Morgan fingerprint density at radius 1 is 1.27 bits per heavy atom. The van der Waals surface area contributed by atoms with E-state index in [4.69, 9.17) is 21.6 Å². The molecule has 0 aliphatic carbocycles. The Labute approximate surface area is 88.3 Å². The number of rotatable bonds is 3. The molecule has 0 fully saturated rings. The molecule has 5 nitrogen and oxygen atoms in total. The van der Waals surface area contributed by atoms with E-state index in [0.29, 0.717) is 6.61 Å². The summed E-state index contributed by atoms with van der Waals surface area (Å²) in [6.07, 6.45) is 0.725. The lowest BCUT2D eigenvalue weighted by Gasteiger charge is -2.03. The second-order valence-corrected chi connectivity index (χ2v) is 2.93. The average Bonchev–Trinajstić information content (AvgIpc) is 2.18. The second kappa shape index (κ2) is 5.64. The SMILES string of the molecule is N=C(N=C(N)N)OCCc1ccccc1. The van der Waals surface area contributed by atoms with Crippen molar-refractivity contribution in [2.75, 3.05) is 6.61 Å². The second-order valence-electron chi connectivity index (χ2n) is 2.93. The van der Waals surface area contributed by atoms with Crippen LogP contribution in [0.3, 0.4) is 0 Å². The molecular weight excluding hydrogens is 192 g/mol. The minimum atomic E-state index is -0.258. The van der Waals surface area contributed by atoms with Gasteiger partial charge in [0, 0.05) is 6.42 Å². The van der Waals surface area contributed by atoms with Gasteiger partial charge >= 0.3 is 6.02 Å². The molecule has 15 heavy (non-hydrogen) atoms. The molecule has 5 N–H and O–H groups in total. The van der Waals surface area contributed by atoms with Gasteiger partial charge in [-0.3, -0.25) is 0 Å². The number of aliphatic imine (C=N–C) groups is 1. The molecule has 0 atom stereocenters. The van der Waals surface area contributed by atoms with Crippen LogP contribution in [-0.4, -0.2) is 18.6 Å². The van der Waals surface area contributed by atoms with E-state index in [1.54, 1.807) is 0 Å². The molecule has 0 aromatic heterocycles. The van der Waals surface area contributed by atoms with Gasteiger partial charge in [-0.15, -0.1) is 0 Å². The van der Waals surface area contributed by atoms with Crippen molar-refractivity contribution in [3.63, 3.8) is 0 Å². The molecule has 0 aliphatic heterocycles. The van der Waals surface area contributed by atoms with Crippen molar-refractivity contribution in [3.8, 4) is 0 Å². The van der Waals surface area contributed by atoms with Gasteiger partial charge < -0.3 is 16.2 Å². The van der Waals surface area contributed by atoms with Crippen LogP contribution in [0.25, 0.3) is 0 Å². The highest BCUT2D eigenvalue weighted by atomic mass is 16.5. The lowest BCUT2D eigenvalue weighted by atomic mass is 10.2. The van der Waals surface area contributed by atoms with Crippen molar-refractivity contribution in [2.45, 2.75) is 6.42 Å². The number of guanidine groups is 1. The van der Waals surface area contributed by atoms with Gasteiger partial charge in [0.05, 0.1) is 6.61 Å². The summed E-state index contributed by atoms with van der Waals surface area (Å²) in [5.74, 6) is -0.167. The van der Waals surface area contributed by atoms with Crippen LogP contribution in [0.1, 0.15) is 5.56 Å². The normalized spacial score (nSPS) is 9.33. The number of nitrogens with one attached hydrogen (secondary N) is 1. The Bertz CT molecular complexity index is 344. The fraction of sp³-hybridized carbons (Fsp3) is 0.200. The third kappa shape index (κ3) is 4.66. The molecule has 80 valence electrons. The van der Waals surface area contributed by atoms with E-state index in [0.717, 1.165) is 12.0 Å². The van der Waals surface area contributed by atoms with E-state index in [-0.39, 0.29) is 12.0 Å². The summed E-state index contributed by atoms with van der Waals surface area (Å²) in [5.41, 5.74) is 11.3. The number of benzene rings is 1. The van der Waals surface area contributed by atoms with Gasteiger partial charge in [0.2, 0.25) is 0 Å². The highest BCUT2D eigenvalue weighted by Crippen LogP contribution is 1.99. The van der Waals surface area contributed by atoms with E-state index in [1.165, 1.54) is 0 Å². The Hall–Kier alpha value is -2.04. The van der Waals surface area contributed by atoms with Crippen molar-refractivity contribution < 1.29 is 4.74 Å². The van der Waals surface area contributed by atoms with Gasteiger partial charge in [-0.2, -0.15) is 4.99 Å². The zero-order valence-corrected chi connectivity index (χ0v) is 8.31. The summed E-state index contributed by atoms with van der Waals surface area (Å²) in [7, 11) is 0. The van der Waals surface area contributed by atoms with Crippen LogP contribution in [0.15, 0.2) is 35.3 Å². The monoisotopic (exact) mass is 206 g/mol. The molecule has 0 bridgehead atoms. The summed E-state index contributed by atoms with van der Waals surface area (Å²) in [6, 6.07) is 9.59. The van der Waals surface area contributed by atoms with Gasteiger partial charge in [-0.25, -0.2) is 5.41 Å². The Balaban J connectivity index is 2.28. The van der Waals surface area contributed by atoms with Gasteiger partial charge in [0.15, 0.2) is 5.96 Å². The van der Waals surface area contributed by atoms with Gasteiger partial charge in [-0.05, 0) is 5.56 Å². The summed E-state index contributed by atoms with van der Waals surface area (Å²) in [6.45, 7) is 0.389. The minimum absolute atomic E-state index is 0.167. The van der Waals surface area contributed by atoms with E-state index in [1.807, 2.05) is 30.3 Å². The van der Waals surface area contributed by atoms with E-state index < -0.39 is 0 Å². The molecule has 0 saturated heterocycles. The van der Waals surface area contributed by atoms with E-state index in [2.05, 4.69) is 4.99 Å². The maximum absolute atomic E-state index is 7.22. The first kappa shape index (κ1) is 11.0. The highest BCUT2D eigenvalue weighted by molar-refractivity contribution is 5.88. The number of hydrogen-bond donors (Lipinski definition) is 3. The number of amidine groups is 1. The predicted octanol–water partition coefficient (Wildman–Crippen LogP) is 0.454. The minimum Gasteiger partial charge on any atom is -0.463 e. The molecule has 0 unspecified atom stereocenters. The molecule has 1 rings (SSSR count). The lowest BCUT2D eigenvalue weighted by Crippen LogP contribution is -2.24. The van der Waals surface area contributed by atoms with Crippen molar-refractivity contribution in [2.24, 2.45) is 16.5 Å². The zero-order valence-electron chi connectivity index (χ0n) is 8.31. The molecule has 0 heterocycles. The third-order valence-electron chi connectivity index (χ3n) is 1.70. The quantitative estimate of drug-likeness (QED) is 0.494. The molecule has 0 saturated carbocycles. The molecule has 0 aliphatic rings. The Kier molecular flexibility index (Phi) is 4.15. The lowest BCUT2D eigenvalue weighted by molar-refractivity contribution is 0.301. The molecule has 0 spiro atoms.